The SMILES string of the molecule is COc1ccc(C(OCC2OC(n3ccc(NC(=O)c4ccccc4)nc3=O)C(OC)C2OC(=O)CCC(=O)O)(c2ccccc2)c2ccc(OC)cc2)cc1. The Hall–Kier alpha value is -6.35. The molecule has 0 bridgehead atoms. The maximum absolute atomic E-state index is 13.5. The van der Waals surface area contributed by atoms with E-state index < -0.39 is 66.5 Å². The third kappa shape index (κ3) is 8.62. The van der Waals surface area contributed by atoms with Crippen molar-refractivity contribution in [2.24, 2.45) is 0 Å². The first-order valence-corrected chi connectivity index (χ1v) is 17.7. The second kappa shape index (κ2) is 17.9. The van der Waals surface area contributed by atoms with E-state index in [2.05, 4.69) is 10.3 Å². The molecule has 5 aromatic rings. The molecule has 1 amide bonds. The monoisotopic (exact) mass is 763 g/mol. The van der Waals surface area contributed by atoms with E-state index >= 15 is 0 Å². The Morgan fingerprint density at radius 1 is 0.768 bits per heavy atom. The van der Waals surface area contributed by atoms with Crippen molar-refractivity contribution in [3.05, 3.63) is 154 Å². The fourth-order valence-electron chi connectivity index (χ4n) is 6.61. The van der Waals surface area contributed by atoms with E-state index in [0.29, 0.717) is 17.1 Å². The molecular formula is C42H41N3O11. The average molecular weight is 764 g/mol. The maximum Gasteiger partial charge on any atom is 0.351 e. The Balaban J connectivity index is 1.38. The molecule has 1 aliphatic rings. The fourth-order valence-corrected chi connectivity index (χ4v) is 6.61. The Kier molecular flexibility index (Phi) is 12.5. The molecule has 14 nitrogen and oxygen atoms in total. The van der Waals surface area contributed by atoms with Crippen LogP contribution >= 0.6 is 0 Å². The van der Waals surface area contributed by atoms with Crippen LogP contribution in [0.3, 0.4) is 0 Å². The number of esters is 1. The van der Waals surface area contributed by atoms with Crippen LogP contribution in [0.4, 0.5) is 5.82 Å². The number of carbonyl (C=O) groups excluding carboxylic acids is 2. The molecule has 1 fully saturated rings. The van der Waals surface area contributed by atoms with Gasteiger partial charge in [-0.1, -0.05) is 72.8 Å². The number of aromatic nitrogens is 2. The molecular weight excluding hydrogens is 722 g/mol. The Morgan fingerprint density at radius 3 is 1.88 bits per heavy atom. The lowest BCUT2D eigenvalue weighted by atomic mass is 9.80. The lowest BCUT2D eigenvalue weighted by Gasteiger charge is -2.37. The van der Waals surface area contributed by atoms with Crippen molar-refractivity contribution in [3.63, 3.8) is 0 Å². The highest BCUT2D eigenvalue weighted by atomic mass is 16.6. The number of amides is 1. The summed E-state index contributed by atoms with van der Waals surface area (Å²) in [6, 6.07) is 34.3. The van der Waals surface area contributed by atoms with E-state index in [0.717, 1.165) is 16.7 Å². The first-order valence-electron chi connectivity index (χ1n) is 17.7. The van der Waals surface area contributed by atoms with E-state index in [-0.39, 0.29) is 12.4 Å². The summed E-state index contributed by atoms with van der Waals surface area (Å²) in [5.74, 6) is -1.16. The normalized spacial score (nSPS) is 17.8. The molecule has 0 spiro atoms. The summed E-state index contributed by atoms with van der Waals surface area (Å²) < 4.78 is 37.3. The van der Waals surface area contributed by atoms with Crippen LogP contribution in [0.1, 0.15) is 46.1 Å². The van der Waals surface area contributed by atoms with E-state index in [1.54, 1.807) is 44.6 Å². The second-order valence-electron chi connectivity index (χ2n) is 12.8. The number of benzene rings is 4. The van der Waals surface area contributed by atoms with Crippen LogP contribution in [-0.4, -0.2) is 78.8 Å². The zero-order valence-corrected chi connectivity index (χ0v) is 30.9. The minimum atomic E-state index is -1.28. The van der Waals surface area contributed by atoms with Gasteiger partial charge in [-0.25, -0.2) is 4.79 Å². The van der Waals surface area contributed by atoms with Crippen molar-refractivity contribution in [1.29, 1.82) is 0 Å². The number of anilines is 1. The van der Waals surface area contributed by atoms with Crippen LogP contribution in [0.2, 0.25) is 0 Å². The van der Waals surface area contributed by atoms with Gasteiger partial charge in [0.25, 0.3) is 5.91 Å². The Bertz CT molecular complexity index is 2110. The number of methoxy groups -OCH3 is 3. The van der Waals surface area contributed by atoms with Crippen molar-refractivity contribution in [1.82, 2.24) is 9.55 Å². The number of nitrogens with zero attached hydrogens (tertiary/aromatic N) is 2. The van der Waals surface area contributed by atoms with Gasteiger partial charge in [0.2, 0.25) is 0 Å². The van der Waals surface area contributed by atoms with Crippen LogP contribution in [0.5, 0.6) is 11.5 Å². The number of nitrogens with one attached hydrogen (secondary N) is 1. The van der Waals surface area contributed by atoms with Gasteiger partial charge in [0, 0.05) is 18.9 Å². The van der Waals surface area contributed by atoms with Gasteiger partial charge >= 0.3 is 17.6 Å². The number of carbonyl (C=O) groups is 3. The fraction of sp³-hybridized carbons (Fsp3) is 0.262. The topological polar surface area (TPSA) is 174 Å². The molecule has 0 radical (unpaired) electrons. The van der Waals surface area contributed by atoms with E-state index in [4.69, 9.17) is 28.4 Å². The van der Waals surface area contributed by atoms with E-state index in [9.17, 15) is 24.3 Å². The molecule has 56 heavy (non-hydrogen) atoms. The van der Waals surface area contributed by atoms with Gasteiger partial charge < -0.3 is 38.8 Å². The maximum atomic E-state index is 13.5. The van der Waals surface area contributed by atoms with Crippen LogP contribution in [0, 0.1) is 0 Å². The third-order valence-electron chi connectivity index (χ3n) is 9.39. The minimum Gasteiger partial charge on any atom is -0.497 e. The largest absolute Gasteiger partial charge is 0.497 e. The quantitative estimate of drug-likeness (QED) is 0.0994. The predicted molar refractivity (Wildman–Crippen MR) is 203 cm³/mol. The first kappa shape index (κ1) is 39.3. The van der Waals surface area contributed by atoms with Gasteiger partial charge in [-0.05, 0) is 59.2 Å². The van der Waals surface area contributed by atoms with Crippen LogP contribution in [0.15, 0.2) is 126 Å². The lowest BCUT2D eigenvalue weighted by Crippen LogP contribution is -2.42. The Labute approximate surface area is 322 Å². The van der Waals surface area contributed by atoms with Crippen molar-refractivity contribution in [2.45, 2.75) is 43.0 Å². The van der Waals surface area contributed by atoms with Crippen molar-refractivity contribution < 1.29 is 47.9 Å². The summed E-state index contributed by atoms with van der Waals surface area (Å²) in [7, 11) is 4.53. The number of aliphatic carboxylic acids is 1. The molecule has 0 aliphatic carbocycles. The van der Waals surface area contributed by atoms with Crippen molar-refractivity contribution in [3.8, 4) is 11.5 Å². The minimum absolute atomic E-state index is 0.00947. The molecule has 14 heteroatoms. The molecule has 2 heterocycles. The molecule has 290 valence electrons. The van der Waals surface area contributed by atoms with Gasteiger partial charge in [0.1, 0.15) is 35.1 Å². The molecule has 6 rings (SSSR count). The predicted octanol–water partition coefficient (Wildman–Crippen LogP) is 5.21. The summed E-state index contributed by atoms with van der Waals surface area (Å²) in [6.45, 7) is -0.215. The summed E-state index contributed by atoms with van der Waals surface area (Å²) in [4.78, 5) is 54.8. The second-order valence-corrected chi connectivity index (χ2v) is 12.8. The van der Waals surface area contributed by atoms with Crippen LogP contribution in [-0.2, 0) is 34.1 Å². The zero-order chi connectivity index (χ0) is 39.7. The van der Waals surface area contributed by atoms with Crippen LogP contribution in [0.25, 0.3) is 0 Å². The van der Waals surface area contributed by atoms with Gasteiger partial charge in [-0.3, -0.25) is 19.0 Å². The van der Waals surface area contributed by atoms with Crippen molar-refractivity contribution in [2.75, 3.05) is 33.3 Å². The standard InChI is InChI=1S/C42H41N3O11/c1-51-31-18-14-29(15-19-31)42(28-12-8-5-9-13-28,30-16-20-32(52-2)21-17-30)54-26-33-37(56-36(48)23-22-35(46)47)38(53-3)40(55-33)45-25-24-34(44-41(45)50)43-39(49)27-10-6-4-7-11-27/h4-21,24-25,33,37-38,40H,22-23,26H2,1-3H3,(H,46,47)(H,43,44,49,50). The number of hydrogen-bond acceptors (Lipinski definition) is 11. The van der Waals surface area contributed by atoms with Crippen molar-refractivity contribution >= 4 is 23.7 Å². The van der Waals surface area contributed by atoms with Gasteiger partial charge in [0.15, 0.2) is 12.3 Å². The summed E-state index contributed by atoms with van der Waals surface area (Å²) in [6.07, 6.45) is -3.96. The number of carboxylic acids is 1. The molecule has 1 aliphatic heterocycles. The Morgan fingerprint density at radius 2 is 1.34 bits per heavy atom. The average Bonchev–Trinajstić information content (AvgIpc) is 3.57. The van der Waals surface area contributed by atoms with Gasteiger partial charge in [-0.15, -0.1) is 0 Å². The smallest absolute Gasteiger partial charge is 0.351 e. The number of ether oxygens (including phenoxy) is 6. The van der Waals surface area contributed by atoms with E-state index in [1.165, 1.54) is 23.9 Å². The van der Waals surface area contributed by atoms with E-state index in [1.807, 2.05) is 78.9 Å². The van der Waals surface area contributed by atoms with Gasteiger partial charge in [-0.2, -0.15) is 4.98 Å². The molecule has 1 saturated heterocycles. The number of carboxylic acid groups (broad SMARTS) is 1. The van der Waals surface area contributed by atoms with Gasteiger partial charge in [0.05, 0.1) is 33.7 Å². The molecule has 2 N–H and O–H groups in total. The summed E-state index contributed by atoms with van der Waals surface area (Å²) in [5.41, 5.74) is 0.543. The zero-order valence-electron chi connectivity index (χ0n) is 30.9. The molecule has 4 atom stereocenters. The van der Waals surface area contributed by atoms with Crippen LogP contribution < -0.4 is 20.5 Å². The number of rotatable bonds is 16. The highest BCUT2D eigenvalue weighted by Crippen LogP contribution is 2.43. The third-order valence-corrected chi connectivity index (χ3v) is 9.39. The molecule has 0 saturated carbocycles. The molecule has 1 aromatic heterocycles. The number of hydrogen-bond donors (Lipinski definition) is 2. The lowest BCUT2D eigenvalue weighted by molar-refractivity contribution is -0.161. The summed E-state index contributed by atoms with van der Waals surface area (Å²) >= 11 is 0. The first-order chi connectivity index (χ1) is 27.2. The molecule has 4 aromatic carbocycles. The highest BCUT2D eigenvalue weighted by molar-refractivity contribution is 6.03. The summed E-state index contributed by atoms with van der Waals surface area (Å²) in [5, 5.41) is 11.9. The highest BCUT2D eigenvalue weighted by Gasteiger charge is 2.50. The molecule has 4 unspecified atom stereocenters.